The number of benzene rings is 1. The Balaban J connectivity index is 2.92. The van der Waals surface area contributed by atoms with Gasteiger partial charge in [-0.1, -0.05) is 15.9 Å². The zero-order valence-corrected chi connectivity index (χ0v) is 7.96. The van der Waals surface area contributed by atoms with E-state index in [1.54, 1.807) is 6.07 Å². The molecule has 0 aliphatic heterocycles. The molecule has 1 radical (unpaired) electrons. The molecule has 1 N–H and O–H groups in total. The second kappa shape index (κ2) is 4.53. The number of hydrogen-bond acceptors (Lipinski definition) is 2. The van der Waals surface area contributed by atoms with Crippen LogP contribution in [0.1, 0.15) is 5.56 Å². The Morgan fingerprint density at radius 1 is 1.46 bits per heavy atom. The molecule has 1 rings (SSSR count). The van der Waals surface area contributed by atoms with Crippen molar-refractivity contribution in [2.75, 3.05) is 0 Å². The van der Waals surface area contributed by atoms with E-state index in [-0.39, 0.29) is 11.3 Å². The fraction of sp³-hybridized carbons (Fsp3) is 0.125. The van der Waals surface area contributed by atoms with E-state index in [0.29, 0.717) is 11.1 Å². The monoisotopic (exact) mass is 251 g/mol. The molecule has 0 saturated carbocycles. The van der Waals surface area contributed by atoms with Gasteiger partial charge in [0.2, 0.25) is 0 Å². The van der Waals surface area contributed by atoms with Crippen molar-refractivity contribution in [2.45, 2.75) is 6.61 Å². The molecule has 0 heterocycles. The van der Waals surface area contributed by atoms with Gasteiger partial charge in [0.25, 0.3) is 0 Å². The minimum absolute atomic E-state index is 0.0549. The van der Waals surface area contributed by atoms with Crippen LogP contribution in [0.4, 0.5) is 8.78 Å². The topological polar surface area (TPSA) is 29.5 Å². The van der Waals surface area contributed by atoms with E-state index in [4.69, 9.17) is 5.11 Å². The Bertz CT molecular complexity index is 291. The molecule has 2 nitrogen and oxygen atoms in total. The van der Waals surface area contributed by atoms with Crippen LogP contribution in [0, 0.1) is 6.61 Å². The summed E-state index contributed by atoms with van der Waals surface area (Å²) in [6, 6.07) is 4.36. The van der Waals surface area contributed by atoms with Gasteiger partial charge >= 0.3 is 6.61 Å². The molecule has 0 saturated heterocycles. The van der Waals surface area contributed by atoms with Crippen LogP contribution in [0.15, 0.2) is 22.7 Å². The van der Waals surface area contributed by atoms with Crippen molar-refractivity contribution in [3.63, 3.8) is 0 Å². The second-order valence-corrected chi connectivity index (χ2v) is 3.11. The summed E-state index contributed by atoms with van der Waals surface area (Å²) in [6.07, 6.45) is 0. The van der Waals surface area contributed by atoms with Crippen LogP contribution in [0.5, 0.6) is 5.75 Å². The summed E-state index contributed by atoms with van der Waals surface area (Å²) in [5.74, 6) is -0.0549. The van der Waals surface area contributed by atoms with Crippen LogP contribution in [0.3, 0.4) is 0 Å². The molecular formula is C8H6BrF2O2. The van der Waals surface area contributed by atoms with Crippen molar-refractivity contribution in [2.24, 2.45) is 0 Å². The lowest BCUT2D eigenvalue weighted by Gasteiger charge is -2.08. The van der Waals surface area contributed by atoms with Crippen LogP contribution in [-0.4, -0.2) is 11.7 Å². The molecule has 1 aromatic rings. The number of rotatable bonds is 3. The molecule has 13 heavy (non-hydrogen) atoms. The van der Waals surface area contributed by atoms with Crippen molar-refractivity contribution in [1.29, 1.82) is 0 Å². The predicted molar refractivity (Wildman–Crippen MR) is 46.1 cm³/mol. The lowest BCUT2D eigenvalue weighted by atomic mass is 10.2. The van der Waals surface area contributed by atoms with E-state index in [2.05, 4.69) is 20.7 Å². The third kappa shape index (κ3) is 2.93. The smallest absolute Gasteiger partial charge is 0.387 e. The van der Waals surface area contributed by atoms with E-state index in [1.165, 1.54) is 12.1 Å². The Labute approximate surface area is 82.3 Å². The fourth-order valence-corrected chi connectivity index (χ4v) is 1.20. The molecule has 71 valence electrons. The molecular weight excluding hydrogens is 246 g/mol. The number of aliphatic hydroxyl groups excluding tert-OH is 1. The maximum Gasteiger partial charge on any atom is 0.387 e. The Kier molecular flexibility index (Phi) is 3.62. The van der Waals surface area contributed by atoms with Gasteiger partial charge in [0.1, 0.15) is 12.4 Å². The number of alkyl halides is 2. The third-order valence-corrected chi connectivity index (χ3v) is 1.82. The van der Waals surface area contributed by atoms with E-state index >= 15 is 0 Å². The van der Waals surface area contributed by atoms with E-state index < -0.39 is 6.61 Å². The van der Waals surface area contributed by atoms with Crippen LogP contribution >= 0.6 is 15.9 Å². The molecule has 0 spiro atoms. The maximum absolute atomic E-state index is 11.8. The molecule has 1 aromatic carbocycles. The maximum atomic E-state index is 11.8. The number of hydrogen-bond donors (Lipinski definition) is 1. The predicted octanol–water partition coefficient (Wildman–Crippen LogP) is 2.93. The molecule has 0 amide bonds. The number of ether oxygens (including phenoxy) is 1. The normalized spacial score (nSPS) is 10.5. The summed E-state index contributed by atoms with van der Waals surface area (Å²) >= 11 is 3.13. The molecule has 0 bridgehead atoms. The van der Waals surface area contributed by atoms with Crippen LogP contribution in [0.25, 0.3) is 0 Å². The van der Waals surface area contributed by atoms with Crippen LogP contribution < -0.4 is 4.74 Å². The van der Waals surface area contributed by atoms with Gasteiger partial charge in [-0.15, -0.1) is 0 Å². The quantitative estimate of drug-likeness (QED) is 0.896. The molecule has 0 aliphatic carbocycles. The van der Waals surface area contributed by atoms with Gasteiger partial charge in [-0.3, -0.25) is 0 Å². The van der Waals surface area contributed by atoms with Crippen molar-refractivity contribution in [3.8, 4) is 5.75 Å². The van der Waals surface area contributed by atoms with E-state index in [0.717, 1.165) is 0 Å². The second-order valence-electron chi connectivity index (χ2n) is 2.19. The van der Waals surface area contributed by atoms with Crippen molar-refractivity contribution in [3.05, 3.63) is 34.8 Å². The molecule has 0 aliphatic rings. The minimum Gasteiger partial charge on any atom is -0.434 e. The first kappa shape index (κ1) is 10.4. The highest BCUT2D eigenvalue weighted by molar-refractivity contribution is 9.10. The summed E-state index contributed by atoms with van der Waals surface area (Å²) in [6.45, 7) is -2.18. The summed E-state index contributed by atoms with van der Waals surface area (Å²) in [5.41, 5.74) is 0.203. The summed E-state index contributed by atoms with van der Waals surface area (Å²) in [4.78, 5) is 0. The summed E-state index contributed by atoms with van der Waals surface area (Å²) in [7, 11) is 0. The Morgan fingerprint density at radius 3 is 2.69 bits per heavy atom. The van der Waals surface area contributed by atoms with Crippen molar-refractivity contribution < 1.29 is 18.6 Å². The zero-order valence-electron chi connectivity index (χ0n) is 6.38. The molecule has 0 unspecified atom stereocenters. The zero-order chi connectivity index (χ0) is 9.84. The summed E-state index contributed by atoms with van der Waals surface area (Å²) in [5, 5.41) is 8.69. The first-order valence-corrected chi connectivity index (χ1v) is 4.14. The van der Waals surface area contributed by atoms with E-state index in [9.17, 15) is 8.78 Å². The highest BCUT2D eigenvalue weighted by atomic mass is 79.9. The highest BCUT2D eigenvalue weighted by Crippen LogP contribution is 2.25. The van der Waals surface area contributed by atoms with Gasteiger partial charge in [0.15, 0.2) is 0 Å². The van der Waals surface area contributed by atoms with Gasteiger partial charge in [0.05, 0.1) is 0 Å². The van der Waals surface area contributed by atoms with Gasteiger partial charge in [0, 0.05) is 10.0 Å². The summed E-state index contributed by atoms with van der Waals surface area (Å²) < 4.78 is 28.4. The molecule has 0 aromatic heterocycles. The van der Waals surface area contributed by atoms with Gasteiger partial charge in [-0.25, -0.2) is 0 Å². The minimum atomic E-state index is -2.89. The van der Waals surface area contributed by atoms with Gasteiger partial charge in [-0.05, 0) is 18.2 Å². The van der Waals surface area contributed by atoms with Crippen molar-refractivity contribution in [1.82, 2.24) is 0 Å². The van der Waals surface area contributed by atoms with Crippen LogP contribution in [0.2, 0.25) is 0 Å². The number of aliphatic hydroxyl groups is 1. The Morgan fingerprint density at radius 2 is 2.15 bits per heavy atom. The molecule has 0 atom stereocenters. The van der Waals surface area contributed by atoms with E-state index in [1.807, 2.05) is 0 Å². The lowest BCUT2D eigenvalue weighted by molar-refractivity contribution is -0.0503. The average molecular weight is 252 g/mol. The number of halogens is 3. The van der Waals surface area contributed by atoms with Crippen molar-refractivity contribution >= 4 is 15.9 Å². The van der Waals surface area contributed by atoms with Gasteiger partial charge < -0.3 is 9.84 Å². The van der Waals surface area contributed by atoms with Gasteiger partial charge in [-0.2, -0.15) is 8.78 Å². The first-order chi connectivity index (χ1) is 6.13. The highest BCUT2D eigenvalue weighted by Gasteiger charge is 2.09. The average Bonchev–Trinajstić information content (AvgIpc) is 2.07. The molecule has 0 fully saturated rings. The first-order valence-electron chi connectivity index (χ1n) is 3.35. The standard InChI is InChI=1S/C8H6BrF2O2/c9-6-1-2-7(13-8(10)11)5(3-6)4-12/h1-4,8,12H. The van der Waals surface area contributed by atoms with Crippen LogP contribution in [-0.2, 0) is 0 Å². The Hall–Kier alpha value is -0.680. The largest absolute Gasteiger partial charge is 0.434 e. The SMILES string of the molecule is O[CH]c1cc(Br)ccc1OC(F)F. The third-order valence-electron chi connectivity index (χ3n) is 1.33. The lowest BCUT2D eigenvalue weighted by Crippen LogP contribution is -2.03. The fourth-order valence-electron chi connectivity index (χ4n) is 0.824. The molecule has 5 heteroatoms.